The topological polar surface area (TPSA) is 35.0 Å². The maximum atomic E-state index is 5.84. The first kappa shape index (κ1) is 11.6. The number of ether oxygens (including phenoxy) is 1. The Morgan fingerprint density at radius 3 is 2.31 bits per heavy atom. The molecule has 0 aliphatic rings. The minimum atomic E-state index is 0.417. The standard InChI is InChI=1S/C10H5BrCl2N2O/c11-9-4-10(15-5-14-9)16-8-2-6(12)1-7(13)3-8/h1-5H. The van der Waals surface area contributed by atoms with Crippen molar-refractivity contribution in [3.05, 3.63) is 45.2 Å². The van der Waals surface area contributed by atoms with Gasteiger partial charge in [0.05, 0.1) is 0 Å². The molecular weight excluding hydrogens is 315 g/mol. The molecule has 0 fully saturated rings. The normalized spacial score (nSPS) is 10.2. The molecule has 0 amide bonds. The largest absolute Gasteiger partial charge is 0.439 e. The second-order valence-corrected chi connectivity index (χ2v) is 4.57. The van der Waals surface area contributed by atoms with E-state index >= 15 is 0 Å². The highest BCUT2D eigenvalue weighted by atomic mass is 79.9. The van der Waals surface area contributed by atoms with E-state index in [4.69, 9.17) is 27.9 Å². The van der Waals surface area contributed by atoms with Crippen molar-refractivity contribution in [1.82, 2.24) is 9.97 Å². The first-order valence-electron chi connectivity index (χ1n) is 4.25. The van der Waals surface area contributed by atoms with Crippen molar-refractivity contribution in [1.29, 1.82) is 0 Å². The van der Waals surface area contributed by atoms with E-state index in [1.165, 1.54) is 6.33 Å². The molecule has 2 aromatic rings. The Hall–Kier alpha value is -0.840. The zero-order valence-corrected chi connectivity index (χ0v) is 10.9. The molecule has 0 bridgehead atoms. The highest BCUT2D eigenvalue weighted by Crippen LogP contribution is 2.27. The van der Waals surface area contributed by atoms with E-state index in [-0.39, 0.29) is 0 Å². The van der Waals surface area contributed by atoms with Crippen LogP contribution in [-0.4, -0.2) is 9.97 Å². The van der Waals surface area contributed by atoms with Crippen molar-refractivity contribution in [2.24, 2.45) is 0 Å². The fourth-order valence-corrected chi connectivity index (χ4v) is 1.87. The lowest BCUT2D eigenvalue weighted by Crippen LogP contribution is -1.89. The van der Waals surface area contributed by atoms with E-state index in [0.717, 1.165) is 0 Å². The monoisotopic (exact) mass is 318 g/mol. The van der Waals surface area contributed by atoms with Crippen molar-refractivity contribution < 1.29 is 4.74 Å². The van der Waals surface area contributed by atoms with Crippen molar-refractivity contribution in [2.75, 3.05) is 0 Å². The third-order valence-electron chi connectivity index (χ3n) is 1.67. The summed E-state index contributed by atoms with van der Waals surface area (Å²) in [5.41, 5.74) is 0. The molecule has 6 heteroatoms. The average Bonchev–Trinajstić information content (AvgIpc) is 2.15. The third kappa shape index (κ3) is 3.07. The number of hydrogen-bond acceptors (Lipinski definition) is 3. The molecule has 0 atom stereocenters. The van der Waals surface area contributed by atoms with Gasteiger partial charge in [0.25, 0.3) is 0 Å². The molecule has 3 nitrogen and oxygen atoms in total. The van der Waals surface area contributed by atoms with E-state index in [2.05, 4.69) is 25.9 Å². The van der Waals surface area contributed by atoms with Crippen molar-refractivity contribution in [3.63, 3.8) is 0 Å². The molecule has 0 spiro atoms. The summed E-state index contributed by atoms with van der Waals surface area (Å²) in [4.78, 5) is 7.83. The molecule has 16 heavy (non-hydrogen) atoms. The number of halogens is 3. The summed E-state index contributed by atoms with van der Waals surface area (Å²) in [6.07, 6.45) is 1.39. The molecular formula is C10H5BrCl2N2O. The predicted octanol–water partition coefficient (Wildman–Crippen LogP) is 4.34. The highest BCUT2D eigenvalue weighted by molar-refractivity contribution is 9.10. The minimum Gasteiger partial charge on any atom is -0.439 e. The summed E-state index contributed by atoms with van der Waals surface area (Å²) in [6, 6.07) is 6.59. The van der Waals surface area contributed by atoms with Gasteiger partial charge in [0.1, 0.15) is 16.7 Å². The molecule has 0 radical (unpaired) electrons. The summed E-state index contributed by atoms with van der Waals surface area (Å²) in [5, 5.41) is 1.02. The van der Waals surface area contributed by atoms with Crippen LogP contribution in [0.5, 0.6) is 11.6 Å². The van der Waals surface area contributed by atoms with Gasteiger partial charge in [0.2, 0.25) is 5.88 Å². The van der Waals surface area contributed by atoms with Gasteiger partial charge in [0.15, 0.2) is 0 Å². The SMILES string of the molecule is Clc1cc(Cl)cc(Oc2cc(Br)ncn2)c1. The molecule has 1 aromatic heterocycles. The summed E-state index contributed by atoms with van der Waals surface area (Å²) in [5.74, 6) is 0.948. The number of benzene rings is 1. The molecule has 82 valence electrons. The number of hydrogen-bond donors (Lipinski definition) is 0. The second-order valence-electron chi connectivity index (χ2n) is 2.89. The molecule has 2 rings (SSSR count). The summed E-state index contributed by atoms with van der Waals surface area (Å²) in [7, 11) is 0. The van der Waals surface area contributed by atoms with Crippen LogP contribution in [0.3, 0.4) is 0 Å². The lowest BCUT2D eigenvalue weighted by atomic mass is 10.3. The van der Waals surface area contributed by atoms with Gasteiger partial charge in [-0.2, -0.15) is 0 Å². The zero-order valence-electron chi connectivity index (χ0n) is 7.82. The van der Waals surface area contributed by atoms with E-state index in [9.17, 15) is 0 Å². The number of nitrogens with zero attached hydrogens (tertiary/aromatic N) is 2. The molecule has 1 aromatic carbocycles. The Balaban J connectivity index is 2.27. The minimum absolute atomic E-state index is 0.417. The van der Waals surface area contributed by atoms with E-state index in [1.807, 2.05) is 0 Å². The van der Waals surface area contributed by atoms with E-state index in [1.54, 1.807) is 24.3 Å². The predicted molar refractivity (Wildman–Crippen MR) is 66.3 cm³/mol. The van der Waals surface area contributed by atoms with Crippen LogP contribution in [0.4, 0.5) is 0 Å². The van der Waals surface area contributed by atoms with Gasteiger partial charge in [-0.05, 0) is 34.1 Å². The molecule has 0 N–H and O–H groups in total. The number of rotatable bonds is 2. The Kier molecular flexibility index (Phi) is 3.63. The lowest BCUT2D eigenvalue weighted by Gasteiger charge is -2.05. The van der Waals surface area contributed by atoms with E-state index < -0.39 is 0 Å². The average molecular weight is 320 g/mol. The van der Waals surface area contributed by atoms with Crippen molar-refractivity contribution in [3.8, 4) is 11.6 Å². The third-order valence-corrected chi connectivity index (χ3v) is 2.54. The van der Waals surface area contributed by atoms with Crippen LogP contribution in [0.1, 0.15) is 0 Å². The van der Waals surface area contributed by atoms with Gasteiger partial charge in [-0.1, -0.05) is 23.2 Å². The summed E-state index contributed by atoms with van der Waals surface area (Å²) >= 11 is 14.9. The zero-order chi connectivity index (χ0) is 11.5. The van der Waals surface area contributed by atoms with Gasteiger partial charge < -0.3 is 4.74 Å². The molecule has 0 unspecified atom stereocenters. The summed E-state index contributed by atoms with van der Waals surface area (Å²) < 4.78 is 6.11. The Morgan fingerprint density at radius 1 is 1.00 bits per heavy atom. The van der Waals surface area contributed by atoms with Crippen LogP contribution in [0.2, 0.25) is 10.0 Å². The molecule has 0 aliphatic carbocycles. The molecule has 0 saturated carbocycles. The number of aromatic nitrogens is 2. The maximum Gasteiger partial charge on any atom is 0.223 e. The van der Waals surface area contributed by atoms with Gasteiger partial charge in [0, 0.05) is 16.1 Å². The van der Waals surface area contributed by atoms with Crippen LogP contribution in [0, 0.1) is 0 Å². The molecule has 0 saturated heterocycles. The van der Waals surface area contributed by atoms with Crippen LogP contribution in [0.15, 0.2) is 35.2 Å². The fourth-order valence-electron chi connectivity index (χ4n) is 1.08. The fraction of sp³-hybridized carbons (Fsp3) is 0. The van der Waals surface area contributed by atoms with Crippen LogP contribution in [-0.2, 0) is 0 Å². The molecule has 1 heterocycles. The Morgan fingerprint density at radius 2 is 1.69 bits per heavy atom. The van der Waals surface area contributed by atoms with Crippen LogP contribution < -0.4 is 4.74 Å². The van der Waals surface area contributed by atoms with E-state index in [0.29, 0.717) is 26.3 Å². The van der Waals surface area contributed by atoms with Gasteiger partial charge in [-0.25, -0.2) is 9.97 Å². The maximum absolute atomic E-state index is 5.84. The smallest absolute Gasteiger partial charge is 0.223 e. The van der Waals surface area contributed by atoms with Crippen molar-refractivity contribution >= 4 is 39.1 Å². The van der Waals surface area contributed by atoms with Gasteiger partial charge >= 0.3 is 0 Å². The summed E-state index contributed by atoms with van der Waals surface area (Å²) in [6.45, 7) is 0. The molecule has 0 aliphatic heterocycles. The first-order chi connectivity index (χ1) is 7.63. The van der Waals surface area contributed by atoms with Crippen molar-refractivity contribution in [2.45, 2.75) is 0 Å². The first-order valence-corrected chi connectivity index (χ1v) is 5.80. The lowest BCUT2D eigenvalue weighted by molar-refractivity contribution is 0.461. The van der Waals surface area contributed by atoms with Gasteiger partial charge in [-0.15, -0.1) is 0 Å². The van der Waals surface area contributed by atoms with Gasteiger partial charge in [-0.3, -0.25) is 0 Å². The highest BCUT2D eigenvalue weighted by Gasteiger charge is 2.02. The Bertz CT molecular complexity index is 502. The van der Waals surface area contributed by atoms with Crippen LogP contribution >= 0.6 is 39.1 Å². The second kappa shape index (κ2) is 4.99. The Labute approximate surface area is 111 Å². The van der Waals surface area contributed by atoms with Crippen LogP contribution in [0.25, 0.3) is 0 Å². The quantitative estimate of drug-likeness (QED) is 0.772.